The zero-order valence-electron chi connectivity index (χ0n) is 10.1. The fourth-order valence-corrected chi connectivity index (χ4v) is 1.53. The molecule has 2 rings (SSSR count). The van der Waals surface area contributed by atoms with E-state index in [1.165, 1.54) is 0 Å². The Morgan fingerprint density at radius 3 is 3.06 bits per heavy atom. The lowest BCUT2D eigenvalue weighted by molar-refractivity contribution is 0.183. The highest BCUT2D eigenvalue weighted by atomic mass is 16.5. The van der Waals surface area contributed by atoms with Gasteiger partial charge in [0.15, 0.2) is 0 Å². The highest BCUT2D eigenvalue weighted by molar-refractivity contribution is 5.57. The molecule has 0 aromatic carbocycles. The monoisotopic (exact) mass is 232 g/mol. The SMILES string of the molecule is COCCn1cc(Nc2ccnc(C)c2)cn1. The molecule has 0 bridgehead atoms. The summed E-state index contributed by atoms with van der Waals surface area (Å²) in [6, 6.07) is 3.92. The summed E-state index contributed by atoms with van der Waals surface area (Å²) in [5.74, 6) is 0. The first-order chi connectivity index (χ1) is 8.28. The van der Waals surface area contributed by atoms with E-state index in [4.69, 9.17) is 4.74 Å². The van der Waals surface area contributed by atoms with Crippen molar-refractivity contribution in [1.82, 2.24) is 14.8 Å². The molecule has 5 nitrogen and oxygen atoms in total. The quantitative estimate of drug-likeness (QED) is 0.856. The zero-order valence-corrected chi connectivity index (χ0v) is 10.1. The maximum absolute atomic E-state index is 5.00. The van der Waals surface area contributed by atoms with E-state index in [1.54, 1.807) is 19.5 Å². The Morgan fingerprint density at radius 2 is 2.29 bits per heavy atom. The number of hydrogen-bond acceptors (Lipinski definition) is 4. The van der Waals surface area contributed by atoms with Crippen molar-refractivity contribution < 1.29 is 4.74 Å². The molecule has 1 N–H and O–H groups in total. The zero-order chi connectivity index (χ0) is 12.1. The molecular formula is C12H16N4O. The van der Waals surface area contributed by atoms with E-state index in [-0.39, 0.29) is 0 Å². The number of aromatic nitrogens is 3. The van der Waals surface area contributed by atoms with Crippen LogP contribution in [-0.2, 0) is 11.3 Å². The molecule has 0 saturated heterocycles. The van der Waals surface area contributed by atoms with Gasteiger partial charge in [-0.25, -0.2) is 0 Å². The van der Waals surface area contributed by atoms with E-state index in [9.17, 15) is 0 Å². The summed E-state index contributed by atoms with van der Waals surface area (Å²) >= 11 is 0. The Kier molecular flexibility index (Phi) is 3.72. The number of nitrogens with one attached hydrogen (secondary N) is 1. The van der Waals surface area contributed by atoms with Crippen LogP contribution in [0.5, 0.6) is 0 Å². The minimum atomic E-state index is 0.662. The summed E-state index contributed by atoms with van der Waals surface area (Å²) < 4.78 is 6.85. The smallest absolute Gasteiger partial charge is 0.0770 e. The molecule has 0 aliphatic rings. The molecule has 90 valence electrons. The van der Waals surface area contributed by atoms with Gasteiger partial charge in [0.1, 0.15) is 0 Å². The average Bonchev–Trinajstić information content (AvgIpc) is 2.74. The highest BCUT2D eigenvalue weighted by Gasteiger charge is 1.99. The summed E-state index contributed by atoms with van der Waals surface area (Å²) in [5.41, 5.74) is 2.97. The van der Waals surface area contributed by atoms with Crippen LogP contribution in [0.4, 0.5) is 11.4 Å². The molecule has 0 aliphatic heterocycles. The molecule has 2 heterocycles. The number of ether oxygens (including phenoxy) is 1. The van der Waals surface area contributed by atoms with Crippen LogP contribution >= 0.6 is 0 Å². The lowest BCUT2D eigenvalue weighted by atomic mass is 10.3. The number of nitrogens with zero attached hydrogens (tertiary/aromatic N) is 3. The third-order valence-corrected chi connectivity index (χ3v) is 2.34. The lowest BCUT2D eigenvalue weighted by Crippen LogP contribution is -2.03. The van der Waals surface area contributed by atoms with Gasteiger partial charge in [0.05, 0.1) is 25.0 Å². The minimum Gasteiger partial charge on any atom is -0.383 e. The Labute approximate surface area is 100 Å². The molecule has 2 aromatic rings. The second-order valence-corrected chi connectivity index (χ2v) is 3.80. The fraction of sp³-hybridized carbons (Fsp3) is 0.333. The van der Waals surface area contributed by atoms with E-state index in [0.717, 1.165) is 23.6 Å². The predicted molar refractivity (Wildman–Crippen MR) is 66.4 cm³/mol. The summed E-state index contributed by atoms with van der Waals surface area (Å²) in [6.07, 6.45) is 5.53. The van der Waals surface area contributed by atoms with Crippen molar-refractivity contribution in [1.29, 1.82) is 0 Å². The summed E-state index contributed by atoms with van der Waals surface area (Å²) in [6.45, 7) is 3.39. The molecule has 0 unspecified atom stereocenters. The maximum atomic E-state index is 5.00. The number of methoxy groups -OCH3 is 1. The van der Waals surface area contributed by atoms with Crippen molar-refractivity contribution in [3.8, 4) is 0 Å². The van der Waals surface area contributed by atoms with Crippen LogP contribution in [0.2, 0.25) is 0 Å². The largest absolute Gasteiger partial charge is 0.383 e. The third kappa shape index (κ3) is 3.29. The molecule has 0 aliphatic carbocycles. The Balaban J connectivity index is 2.01. The Morgan fingerprint density at radius 1 is 1.41 bits per heavy atom. The fourth-order valence-electron chi connectivity index (χ4n) is 1.53. The van der Waals surface area contributed by atoms with E-state index in [1.807, 2.05) is 29.9 Å². The third-order valence-electron chi connectivity index (χ3n) is 2.34. The number of hydrogen-bond donors (Lipinski definition) is 1. The Hall–Kier alpha value is -1.88. The first kappa shape index (κ1) is 11.6. The predicted octanol–water partition coefficient (Wildman–Crippen LogP) is 1.98. The first-order valence-corrected chi connectivity index (χ1v) is 5.49. The van der Waals surface area contributed by atoms with Gasteiger partial charge < -0.3 is 10.1 Å². The number of anilines is 2. The van der Waals surface area contributed by atoms with Crippen LogP contribution in [0.15, 0.2) is 30.7 Å². The minimum absolute atomic E-state index is 0.662. The average molecular weight is 232 g/mol. The van der Waals surface area contributed by atoms with Crippen LogP contribution < -0.4 is 5.32 Å². The van der Waals surface area contributed by atoms with Gasteiger partial charge in [0, 0.05) is 30.9 Å². The molecule has 2 aromatic heterocycles. The van der Waals surface area contributed by atoms with E-state index >= 15 is 0 Å². The second kappa shape index (κ2) is 5.45. The van der Waals surface area contributed by atoms with E-state index in [0.29, 0.717) is 6.61 Å². The van der Waals surface area contributed by atoms with Crippen LogP contribution in [0.3, 0.4) is 0 Å². The molecule has 0 radical (unpaired) electrons. The molecular weight excluding hydrogens is 216 g/mol. The molecule has 0 saturated carbocycles. The molecule has 5 heteroatoms. The highest BCUT2D eigenvalue weighted by Crippen LogP contribution is 2.15. The van der Waals surface area contributed by atoms with Crippen LogP contribution in [0, 0.1) is 6.92 Å². The summed E-state index contributed by atoms with van der Waals surface area (Å²) in [4.78, 5) is 4.15. The normalized spacial score (nSPS) is 10.5. The topological polar surface area (TPSA) is 52.0 Å². The number of aryl methyl sites for hydroxylation is 1. The summed E-state index contributed by atoms with van der Waals surface area (Å²) in [7, 11) is 1.68. The van der Waals surface area contributed by atoms with Gasteiger partial charge in [-0.15, -0.1) is 0 Å². The van der Waals surface area contributed by atoms with Crippen LogP contribution in [0.25, 0.3) is 0 Å². The van der Waals surface area contributed by atoms with E-state index in [2.05, 4.69) is 15.4 Å². The first-order valence-electron chi connectivity index (χ1n) is 5.49. The molecule has 0 fully saturated rings. The molecule has 0 spiro atoms. The summed E-state index contributed by atoms with van der Waals surface area (Å²) in [5, 5.41) is 7.51. The molecule has 0 amide bonds. The molecule has 17 heavy (non-hydrogen) atoms. The van der Waals surface area contributed by atoms with Gasteiger partial charge in [-0.1, -0.05) is 0 Å². The van der Waals surface area contributed by atoms with Gasteiger partial charge in [0.2, 0.25) is 0 Å². The lowest BCUT2D eigenvalue weighted by Gasteiger charge is -2.03. The van der Waals surface area contributed by atoms with Gasteiger partial charge in [0.25, 0.3) is 0 Å². The number of pyridine rings is 1. The Bertz CT molecular complexity index is 481. The van der Waals surface area contributed by atoms with Crippen molar-refractivity contribution in [2.24, 2.45) is 0 Å². The van der Waals surface area contributed by atoms with Crippen molar-refractivity contribution >= 4 is 11.4 Å². The van der Waals surface area contributed by atoms with Gasteiger partial charge in [-0.2, -0.15) is 5.10 Å². The van der Waals surface area contributed by atoms with Gasteiger partial charge >= 0.3 is 0 Å². The number of rotatable bonds is 5. The van der Waals surface area contributed by atoms with Crippen molar-refractivity contribution in [3.05, 3.63) is 36.4 Å². The maximum Gasteiger partial charge on any atom is 0.0770 e. The van der Waals surface area contributed by atoms with Gasteiger partial charge in [-0.3, -0.25) is 9.67 Å². The standard InChI is InChI=1S/C12H16N4O/c1-10-7-11(3-4-13-10)15-12-8-14-16(9-12)5-6-17-2/h3-4,7-9H,5-6H2,1-2H3,(H,13,15). The van der Waals surface area contributed by atoms with Crippen molar-refractivity contribution in [2.75, 3.05) is 19.0 Å². The van der Waals surface area contributed by atoms with Crippen molar-refractivity contribution in [2.45, 2.75) is 13.5 Å². The van der Waals surface area contributed by atoms with Crippen molar-refractivity contribution in [3.63, 3.8) is 0 Å². The van der Waals surface area contributed by atoms with E-state index < -0.39 is 0 Å². The van der Waals surface area contributed by atoms with Crippen LogP contribution in [0.1, 0.15) is 5.69 Å². The second-order valence-electron chi connectivity index (χ2n) is 3.80. The molecule has 0 atom stereocenters. The van der Waals surface area contributed by atoms with Crippen LogP contribution in [-0.4, -0.2) is 28.5 Å². The van der Waals surface area contributed by atoms with Gasteiger partial charge in [-0.05, 0) is 19.1 Å².